The van der Waals surface area contributed by atoms with Gasteiger partial charge in [-0.05, 0) is 0 Å². The van der Waals surface area contributed by atoms with Gasteiger partial charge in [0.1, 0.15) is 24.0 Å². The first-order chi connectivity index (χ1) is 8.86. The molecule has 10 heteroatoms. The number of nitrogens with one attached hydrogen (secondary N) is 1. The molecule has 0 saturated carbocycles. The molecule has 1 fully saturated rings. The van der Waals surface area contributed by atoms with E-state index in [1.54, 1.807) is 0 Å². The van der Waals surface area contributed by atoms with Crippen molar-refractivity contribution in [3.05, 3.63) is 11.9 Å². The number of aromatic amines is 1. The van der Waals surface area contributed by atoms with E-state index in [2.05, 4.69) is 14.7 Å². The van der Waals surface area contributed by atoms with Gasteiger partial charge in [-0.2, -0.15) is 0 Å². The molecule has 0 aliphatic carbocycles. The third kappa shape index (κ3) is 3.87. The van der Waals surface area contributed by atoms with Crippen molar-refractivity contribution in [1.29, 1.82) is 0 Å². The lowest BCUT2D eigenvalue weighted by Gasteiger charge is -2.09. The lowest BCUT2D eigenvalue weighted by Crippen LogP contribution is -2.33. The van der Waals surface area contributed by atoms with Crippen LogP contribution in [0.5, 0.6) is 0 Å². The number of carbonyl (C=O) groups is 1. The molecule has 1 aromatic rings. The van der Waals surface area contributed by atoms with Crippen LogP contribution in [0, 0.1) is 0 Å². The van der Waals surface area contributed by atoms with Crippen molar-refractivity contribution in [1.82, 2.24) is 9.97 Å². The number of imidazole rings is 1. The minimum atomic E-state index is -1.38. The van der Waals surface area contributed by atoms with Crippen LogP contribution in [0.1, 0.15) is 10.5 Å². The van der Waals surface area contributed by atoms with Crippen LogP contribution >= 0.6 is 0 Å². The predicted molar refractivity (Wildman–Crippen MR) is 61.5 cm³/mol. The fourth-order valence-corrected chi connectivity index (χ4v) is 1.34. The topological polar surface area (TPSA) is 188 Å². The first kappa shape index (κ1) is 15.3. The fraction of sp³-hybridized carbons (Fsp3) is 0.556. The zero-order chi connectivity index (χ0) is 14.6. The first-order valence-electron chi connectivity index (χ1n) is 5.28. The smallest absolute Gasteiger partial charge is 0.268 e. The number of hydrogen-bond donors (Lipinski definition) is 7. The van der Waals surface area contributed by atoms with Crippen molar-refractivity contribution >= 4 is 11.9 Å². The molecule has 4 atom stereocenters. The highest BCUT2D eigenvalue weighted by Gasteiger charge is 2.41. The van der Waals surface area contributed by atoms with Crippen LogP contribution < -0.4 is 11.5 Å². The van der Waals surface area contributed by atoms with Gasteiger partial charge in [0.2, 0.25) is 0 Å². The van der Waals surface area contributed by atoms with Crippen LogP contribution in [0.3, 0.4) is 0 Å². The number of hydrogen-bond acceptors (Lipinski definition) is 8. The molecule has 2 rings (SSSR count). The second kappa shape index (κ2) is 6.45. The fourth-order valence-electron chi connectivity index (χ4n) is 1.34. The number of aliphatic hydroxyl groups is 4. The normalized spacial score (nSPS) is 29.7. The van der Waals surface area contributed by atoms with Gasteiger partial charge in [-0.1, -0.05) is 0 Å². The largest absolute Gasteiger partial charge is 0.394 e. The van der Waals surface area contributed by atoms with Gasteiger partial charge < -0.3 is 41.6 Å². The number of H-pyrrole nitrogens is 1. The predicted octanol–water partition coefficient (Wildman–Crippen LogP) is -3.49. The SMILES string of the molecule is NC(=O)c1c[nH]c(N)n1.OC[C@H]1OC(O)[C@H](O)[C@@H]1O. The quantitative estimate of drug-likeness (QED) is 0.289. The summed E-state index contributed by atoms with van der Waals surface area (Å²) in [5, 5.41) is 35.0. The summed E-state index contributed by atoms with van der Waals surface area (Å²) in [6.45, 7) is -0.407. The van der Waals surface area contributed by atoms with Crippen LogP contribution in [-0.4, -0.2) is 67.5 Å². The Morgan fingerprint density at radius 2 is 2.05 bits per heavy atom. The molecular weight excluding hydrogens is 260 g/mol. The molecule has 1 aromatic heterocycles. The van der Waals surface area contributed by atoms with E-state index in [9.17, 15) is 4.79 Å². The Labute approximate surface area is 107 Å². The van der Waals surface area contributed by atoms with Gasteiger partial charge in [0.05, 0.1) is 6.61 Å². The highest BCUT2D eigenvalue weighted by atomic mass is 16.6. The summed E-state index contributed by atoms with van der Waals surface area (Å²) in [7, 11) is 0. The standard InChI is InChI=1S/C5H10O5.C4H6N4O/c6-1-2-3(7)4(8)5(9)10-2;5-3(9)2-1-7-4(6)8-2/h2-9H,1H2;1H,(H2,5,9)(H3,6,7,8)/t2-,3-,4-,5?;/m1./s1. The number of nitrogens with two attached hydrogens (primary N) is 2. The summed E-state index contributed by atoms with van der Waals surface area (Å²) in [6.07, 6.45) is -3.40. The number of nitrogen functional groups attached to an aromatic ring is 1. The molecule has 0 spiro atoms. The maximum absolute atomic E-state index is 10.3. The summed E-state index contributed by atoms with van der Waals surface area (Å²) in [4.78, 5) is 16.4. The van der Waals surface area contributed by atoms with Crippen molar-refractivity contribution in [2.75, 3.05) is 12.3 Å². The van der Waals surface area contributed by atoms with Gasteiger partial charge in [-0.3, -0.25) is 4.79 Å². The Bertz CT molecular complexity index is 425. The van der Waals surface area contributed by atoms with Crippen molar-refractivity contribution in [2.45, 2.75) is 24.6 Å². The van der Waals surface area contributed by atoms with Crippen LogP contribution in [-0.2, 0) is 4.74 Å². The van der Waals surface area contributed by atoms with Gasteiger partial charge in [-0.25, -0.2) is 4.98 Å². The van der Waals surface area contributed by atoms with E-state index >= 15 is 0 Å². The summed E-state index contributed by atoms with van der Waals surface area (Å²) in [5.74, 6) is -0.383. The second-order valence-corrected chi connectivity index (χ2v) is 3.76. The van der Waals surface area contributed by atoms with E-state index in [0.29, 0.717) is 0 Å². The number of amides is 1. The number of primary amides is 1. The van der Waals surface area contributed by atoms with E-state index in [1.165, 1.54) is 6.20 Å². The van der Waals surface area contributed by atoms with Gasteiger partial charge in [0.15, 0.2) is 12.2 Å². The molecule has 1 aliphatic rings. The molecule has 1 aliphatic heterocycles. The number of anilines is 1. The number of carbonyl (C=O) groups excluding carboxylic acids is 1. The zero-order valence-corrected chi connectivity index (χ0v) is 9.80. The van der Waals surface area contributed by atoms with E-state index in [1.807, 2.05) is 0 Å². The lowest BCUT2D eigenvalue weighted by atomic mass is 10.1. The van der Waals surface area contributed by atoms with Gasteiger partial charge in [0, 0.05) is 6.20 Å². The monoisotopic (exact) mass is 276 g/mol. The van der Waals surface area contributed by atoms with Crippen LogP contribution in [0.2, 0.25) is 0 Å². The molecule has 1 unspecified atom stereocenters. The molecule has 19 heavy (non-hydrogen) atoms. The number of rotatable bonds is 2. The third-order valence-electron chi connectivity index (χ3n) is 2.37. The Morgan fingerprint density at radius 1 is 1.42 bits per heavy atom. The summed E-state index contributed by atoms with van der Waals surface area (Å²) >= 11 is 0. The zero-order valence-electron chi connectivity index (χ0n) is 9.80. The van der Waals surface area contributed by atoms with Crippen LogP contribution in [0.15, 0.2) is 6.20 Å². The summed E-state index contributed by atoms with van der Waals surface area (Å²) in [5.41, 5.74) is 10.2. The van der Waals surface area contributed by atoms with Crippen LogP contribution in [0.25, 0.3) is 0 Å². The van der Waals surface area contributed by atoms with Crippen molar-refractivity contribution in [3.63, 3.8) is 0 Å². The molecule has 10 nitrogen and oxygen atoms in total. The number of ether oxygens (including phenoxy) is 1. The van der Waals surface area contributed by atoms with E-state index < -0.39 is 37.1 Å². The maximum Gasteiger partial charge on any atom is 0.268 e. The number of nitrogens with zero attached hydrogens (tertiary/aromatic N) is 1. The minimum Gasteiger partial charge on any atom is -0.394 e. The number of aromatic nitrogens is 2. The first-order valence-corrected chi connectivity index (χ1v) is 5.28. The molecular formula is C9H16N4O6. The Hall–Kier alpha value is -1.72. The van der Waals surface area contributed by atoms with E-state index in [0.717, 1.165) is 0 Å². The highest BCUT2D eigenvalue weighted by Crippen LogP contribution is 2.18. The molecule has 2 heterocycles. The van der Waals surface area contributed by atoms with Crippen LogP contribution in [0.4, 0.5) is 5.95 Å². The molecule has 1 amide bonds. The third-order valence-corrected chi connectivity index (χ3v) is 2.37. The summed E-state index contributed by atoms with van der Waals surface area (Å²) in [6, 6.07) is 0. The van der Waals surface area contributed by atoms with Gasteiger partial charge in [-0.15, -0.1) is 0 Å². The Kier molecular flexibility index (Phi) is 5.20. The second-order valence-electron chi connectivity index (χ2n) is 3.76. The Morgan fingerprint density at radius 3 is 2.26 bits per heavy atom. The molecule has 0 radical (unpaired) electrons. The minimum absolute atomic E-state index is 0.160. The molecule has 0 bridgehead atoms. The Balaban J connectivity index is 0.000000191. The molecule has 1 saturated heterocycles. The average molecular weight is 276 g/mol. The maximum atomic E-state index is 10.3. The van der Waals surface area contributed by atoms with Gasteiger partial charge in [0.25, 0.3) is 5.91 Å². The number of aliphatic hydroxyl groups excluding tert-OH is 4. The van der Waals surface area contributed by atoms with Gasteiger partial charge >= 0.3 is 0 Å². The van der Waals surface area contributed by atoms with Crippen molar-refractivity contribution in [2.24, 2.45) is 5.73 Å². The average Bonchev–Trinajstić information content (AvgIpc) is 2.90. The lowest BCUT2D eigenvalue weighted by molar-refractivity contribution is -0.132. The van der Waals surface area contributed by atoms with Crippen molar-refractivity contribution < 1.29 is 30.0 Å². The van der Waals surface area contributed by atoms with Crippen molar-refractivity contribution in [3.8, 4) is 0 Å². The van der Waals surface area contributed by atoms with E-state index in [4.69, 9.17) is 31.9 Å². The molecule has 108 valence electrons. The van der Waals surface area contributed by atoms with E-state index in [-0.39, 0.29) is 11.6 Å². The molecule has 9 N–H and O–H groups in total. The summed E-state index contributed by atoms with van der Waals surface area (Å²) < 4.78 is 4.54. The highest BCUT2D eigenvalue weighted by molar-refractivity contribution is 5.90. The molecule has 0 aromatic carbocycles.